The number of carbonyl (C=O) groups is 1. The lowest BCUT2D eigenvalue weighted by Crippen LogP contribution is -2.60. The number of likely N-dealkylation sites (tertiary alicyclic amines) is 1. The quantitative estimate of drug-likeness (QED) is 0.557. The molecule has 1 amide bonds. The summed E-state index contributed by atoms with van der Waals surface area (Å²) in [5.74, 6) is -0.979. The Kier molecular flexibility index (Phi) is 5.63. The SMILES string of the molecule is COc1cc(-c2nc([C@H]3CC[C@@H](N4CC(F)(F)C4)CC3)n3ccnc(C)c23)ccc1NC(=O)O. The van der Waals surface area contributed by atoms with Gasteiger partial charge in [-0.1, -0.05) is 6.07 Å². The van der Waals surface area contributed by atoms with Crippen molar-refractivity contribution < 1.29 is 23.4 Å². The minimum Gasteiger partial charge on any atom is -0.495 e. The topological polar surface area (TPSA) is 92.0 Å². The van der Waals surface area contributed by atoms with Crippen LogP contribution in [0.25, 0.3) is 16.8 Å². The Morgan fingerprint density at radius 1 is 1.24 bits per heavy atom. The molecule has 8 nitrogen and oxygen atoms in total. The summed E-state index contributed by atoms with van der Waals surface area (Å²) in [4.78, 5) is 22.5. The van der Waals surface area contributed by atoms with Crippen molar-refractivity contribution in [2.45, 2.75) is 50.5 Å². The third-order valence-electron chi connectivity index (χ3n) is 6.93. The number of ether oxygens (including phenoxy) is 1. The summed E-state index contributed by atoms with van der Waals surface area (Å²) in [6.45, 7) is 1.68. The van der Waals surface area contributed by atoms with E-state index < -0.39 is 12.0 Å². The number of hydrogen-bond acceptors (Lipinski definition) is 5. The van der Waals surface area contributed by atoms with Crippen molar-refractivity contribution in [3.63, 3.8) is 0 Å². The van der Waals surface area contributed by atoms with Crippen molar-refractivity contribution in [1.29, 1.82) is 0 Å². The number of rotatable bonds is 5. The second-order valence-corrected chi connectivity index (χ2v) is 9.16. The number of amides is 1. The molecule has 0 unspecified atom stereocenters. The standard InChI is InChI=1S/C24H27F2N5O3/c1-14-21-20(16-5-8-18(28-23(32)33)19(11-16)34-2)29-22(31(21)10-9-27-14)15-3-6-17(7-4-15)30-12-24(25,26)13-30/h5,8-11,15,17,28H,3-4,6-7,12-13H2,1-2H3,(H,32,33)/t15-,17+. The zero-order valence-corrected chi connectivity index (χ0v) is 19.1. The Bertz CT molecular complexity index is 1230. The molecule has 5 rings (SSSR count). The van der Waals surface area contributed by atoms with Gasteiger partial charge in [0.15, 0.2) is 0 Å². The summed E-state index contributed by atoms with van der Waals surface area (Å²) in [5.41, 5.74) is 3.63. The van der Waals surface area contributed by atoms with Crippen LogP contribution in [0.1, 0.15) is 43.1 Å². The highest BCUT2D eigenvalue weighted by Crippen LogP contribution is 2.41. The molecule has 2 N–H and O–H groups in total. The molecule has 180 valence electrons. The number of alkyl halides is 2. The molecular formula is C24H27F2N5O3. The molecule has 3 aromatic rings. The fourth-order valence-corrected chi connectivity index (χ4v) is 5.27. The van der Waals surface area contributed by atoms with Gasteiger partial charge >= 0.3 is 6.09 Å². The maximum absolute atomic E-state index is 13.3. The molecule has 1 aromatic carbocycles. The van der Waals surface area contributed by atoms with Gasteiger partial charge in [-0.2, -0.15) is 0 Å². The molecule has 2 aliphatic rings. The molecule has 1 aliphatic heterocycles. The number of methoxy groups -OCH3 is 1. The van der Waals surface area contributed by atoms with Crippen LogP contribution in [0.4, 0.5) is 19.3 Å². The van der Waals surface area contributed by atoms with Crippen LogP contribution in [0, 0.1) is 6.92 Å². The smallest absolute Gasteiger partial charge is 0.409 e. The third-order valence-corrected chi connectivity index (χ3v) is 6.93. The van der Waals surface area contributed by atoms with Crippen molar-refractivity contribution >= 4 is 17.3 Å². The molecule has 0 atom stereocenters. The van der Waals surface area contributed by atoms with E-state index >= 15 is 0 Å². The molecule has 1 saturated heterocycles. The maximum atomic E-state index is 13.3. The highest BCUT2D eigenvalue weighted by molar-refractivity contribution is 5.88. The lowest BCUT2D eigenvalue weighted by atomic mass is 9.83. The Morgan fingerprint density at radius 2 is 1.97 bits per heavy atom. The maximum Gasteiger partial charge on any atom is 0.409 e. The van der Waals surface area contributed by atoms with Crippen LogP contribution in [0.15, 0.2) is 30.6 Å². The monoisotopic (exact) mass is 471 g/mol. The Morgan fingerprint density at radius 3 is 2.62 bits per heavy atom. The Labute approximate surface area is 195 Å². The molecule has 0 spiro atoms. The molecule has 3 heterocycles. The van der Waals surface area contributed by atoms with Crippen LogP contribution in [0.2, 0.25) is 0 Å². The zero-order valence-electron chi connectivity index (χ0n) is 19.1. The van der Waals surface area contributed by atoms with Gasteiger partial charge in [0.05, 0.1) is 42.8 Å². The average Bonchev–Trinajstić information content (AvgIpc) is 3.18. The molecule has 0 bridgehead atoms. The van der Waals surface area contributed by atoms with E-state index in [1.165, 1.54) is 7.11 Å². The highest BCUT2D eigenvalue weighted by atomic mass is 19.3. The normalized spacial score (nSPS) is 22.4. The average molecular weight is 472 g/mol. The number of nitrogens with zero attached hydrogens (tertiary/aromatic N) is 4. The number of aryl methyl sites for hydroxylation is 1. The highest BCUT2D eigenvalue weighted by Gasteiger charge is 2.47. The number of fused-ring (bicyclic) bond motifs is 1. The molecule has 1 saturated carbocycles. The Balaban J connectivity index is 1.46. The first-order valence-electron chi connectivity index (χ1n) is 11.4. The first-order chi connectivity index (χ1) is 16.3. The molecule has 2 fully saturated rings. The predicted octanol–water partition coefficient (Wildman–Crippen LogP) is 4.78. The van der Waals surface area contributed by atoms with Crippen molar-refractivity contribution in [3.8, 4) is 17.0 Å². The van der Waals surface area contributed by atoms with Gasteiger partial charge in [0.2, 0.25) is 0 Å². The van der Waals surface area contributed by atoms with E-state index in [2.05, 4.69) is 14.7 Å². The Hall–Kier alpha value is -3.27. The number of aromatic nitrogens is 3. The molecule has 10 heteroatoms. The lowest BCUT2D eigenvalue weighted by Gasteiger charge is -2.46. The largest absolute Gasteiger partial charge is 0.495 e. The van der Waals surface area contributed by atoms with Crippen LogP contribution in [0.5, 0.6) is 5.75 Å². The van der Waals surface area contributed by atoms with Crippen molar-refractivity contribution in [2.75, 3.05) is 25.5 Å². The number of nitrogens with one attached hydrogen (secondary N) is 1. The van der Waals surface area contributed by atoms with Crippen LogP contribution < -0.4 is 10.1 Å². The predicted molar refractivity (Wildman–Crippen MR) is 123 cm³/mol. The second-order valence-electron chi connectivity index (χ2n) is 9.16. The molecule has 34 heavy (non-hydrogen) atoms. The number of anilines is 1. The molecule has 1 aliphatic carbocycles. The van der Waals surface area contributed by atoms with E-state index in [9.17, 15) is 13.6 Å². The number of carboxylic acid groups (broad SMARTS) is 1. The summed E-state index contributed by atoms with van der Waals surface area (Å²) in [7, 11) is 1.49. The van der Waals surface area contributed by atoms with Gasteiger partial charge in [0, 0.05) is 29.9 Å². The van der Waals surface area contributed by atoms with Gasteiger partial charge < -0.3 is 9.84 Å². The van der Waals surface area contributed by atoms with E-state index in [0.29, 0.717) is 11.4 Å². The summed E-state index contributed by atoms with van der Waals surface area (Å²) in [6.07, 6.45) is 6.02. The van der Waals surface area contributed by atoms with E-state index in [1.54, 1.807) is 18.3 Å². The first-order valence-corrected chi connectivity index (χ1v) is 11.4. The van der Waals surface area contributed by atoms with Crippen LogP contribution >= 0.6 is 0 Å². The minimum atomic E-state index is -2.54. The van der Waals surface area contributed by atoms with Gasteiger partial charge in [-0.15, -0.1) is 0 Å². The number of hydrogen-bond donors (Lipinski definition) is 2. The van der Waals surface area contributed by atoms with Crippen LogP contribution in [0.3, 0.4) is 0 Å². The van der Waals surface area contributed by atoms with Crippen LogP contribution in [-0.4, -0.2) is 62.6 Å². The summed E-state index contributed by atoms with van der Waals surface area (Å²) in [5, 5.41) is 11.4. The second kappa shape index (κ2) is 8.50. The number of halogens is 2. The number of imidazole rings is 1. The lowest BCUT2D eigenvalue weighted by molar-refractivity contribution is -0.150. The molecule has 0 radical (unpaired) electrons. The third kappa shape index (κ3) is 4.06. The zero-order chi connectivity index (χ0) is 24.0. The number of benzene rings is 1. The van der Waals surface area contributed by atoms with Gasteiger partial charge in [-0.05, 0) is 44.7 Å². The van der Waals surface area contributed by atoms with E-state index in [1.807, 2.05) is 24.1 Å². The summed E-state index contributed by atoms with van der Waals surface area (Å²) >= 11 is 0. The van der Waals surface area contributed by atoms with Gasteiger partial charge in [-0.25, -0.2) is 18.6 Å². The van der Waals surface area contributed by atoms with Gasteiger partial charge in [0.1, 0.15) is 11.6 Å². The first kappa shape index (κ1) is 22.5. The van der Waals surface area contributed by atoms with Crippen LogP contribution in [-0.2, 0) is 0 Å². The van der Waals surface area contributed by atoms with E-state index in [-0.39, 0.29) is 25.0 Å². The fourth-order valence-electron chi connectivity index (χ4n) is 5.27. The molecular weight excluding hydrogens is 444 g/mol. The summed E-state index contributed by atoms with van der Waals surface area (Å²) < 4.78 is 34.1. The minimum absolute atomic E-state index is 0.127. The molecule has 2 aromatic heterocycles. The van der Waals surface area contributed by atoms with Crippen molar-refractivity contribution in [2.24, 2.45) is 0 Å². The fraction of sp³-hybridized carbons (Fsp3) is 0.458. The van der Waals surface area contributed by atoms with Crippen molar-refractivity contribution in [1.82, 2.24) is 19.3 Å². The van der Waals surface area contributed by atoms with Crippen molar-refractivity contribution in [3.05, 3.63) is 42.1 Å². The van der Waals surface area contributed by atoms with E-state index in [0.717, 1.165) is 54.0 Å². The summed E-state index contributed by atoms with van der Waals surface area (Å²) in [6, 6.07) is 5.45. The van der Waals surface area contributed by atoms with Gasteiger partial charge in [0.25, 0.3) is 5.92 Å². The van der Waals surface area contributed by atoms with Gasteiger partial charge in [-0.3, -0.25) is 19.6 Å². The van der Waals surface area contributed by atoms with E-state index in [4.69, 9.17) is 14.8 Å².